The van der Waals surface area contributed by atoms with E-state index in [9.17, 15) is 13.2 Å². The van der Waals surface area contributed by atoms with Gasteiger partial charge in [-0.2, -0.15) is 0 Å². The number of amides is 1. The van der Waals surface area contributed by atoms with Gasteiger partial charge in [0.25, 0.3) is 0 Å². The molecule has 0 atom stereocenters. The first-order chi connectivity index (χ1) is 10.9. The highest BCUT2D eigenvalue weighted by atomic mass is 32.2. The van der Waals surface area contributed by atoms with Crippen molar-refractivity contribution in [1.29, 1.82) is 0 Å². The van der Waals surface area contributed by atoms with Gasteiger partial charge in [-0.25, -0.2) is 13.1 Å². The van der Waals surface area contributed by atoms with Crippen molar-refractivity contribution >= 4 is 15.9 Å². The largest absolute Gasteiger partial charge is 0.495 e. The third kappa shape index (κ3) is 5.51. The van der Waals surface area contributed by atoms with E-state index in [1.165, 1.54) is 13.2 Å². The van der Waals surface area contributed by atoms with Crippen LogP contribution in [0.2, 0.25) is 0 Å². The van der Waals surface area contributed by atoms with Crippen LogP contribution in [0.3, 0.4) is 0 Å². The summed E-state index contributed by atoms with van der Waals surface area (Å²) in [5, 5.41) is 0. The molecular formula is C16H26N2O4S. The maximum atomic E-state index is 12.4. The van der Waals surface area contributed by atoms with Crippen LogP contribution in [0, 0.1) is 6.92 Å². The molecule has 0 aliphatic carbocycles. The van der Waals surface area contributed by atoms with Gasteiger partial charge in [0.05, 0.1) is 13.7 Å². The van der Waals surface area contributed by atoms with E-state index in [2.05, 4.69) is 4.72 Å². The van der Waals surface area contributed by atoms with Crippen LogP contribution in [0.25, 0.3) is 0 Å². The van der Waals surface area contributed by atoms with E-state index in [-0.39, 0.29) is 23.1 Å². The molecule has 1 aromatic rings. The van der Waals surface area contributed by atoms with Crippen LogP contribution >= 0.6 is 0 Å². The van der Waals surface area contributed by atoms with E-state index >= 15 is 0 Å². The fourth-order valence-corrected chi connectivity index (χ4v) is 3.47. The van der Waals surface area contributed by atoms with Crippen molar-refractivity contribution in [1.82, 2.24) is 9.62 Å². The highest BCUT2D eigenvalue weighted by molar-refractivity contribution is 7.89. The molecule has 0 aliphatic rings. The third-order valence-electron chi connectivity index (χ3n) is 3.36. The van der Waals surface area contributed by atoms with Crippen LogP contribution in [0.15, 0.2) is 23.1 Å². The summed E-state index contributed by atoms with van der Waals surface area (Å²) >= 11 is 0. The molecule has 0 saturated heterocycles. The molecule has 130 valence electrons. The number of benzene rings is 1. The lowest BCUT2D eigenvalue weighted by Crippen LogP contribution is -2.41. The molecule has 0 aliphatic heterocycles. The van der Waals surface area contributed by atoms with Crippen molar-refractivity contribution in [3.05, 3.63) is 23.8 Å². The summed E-state index contributed by atoms with van der Waals surface area (Å²) < 4.78 is 32.4. The van der Waals surface area contributed by atoms with Gasteiger partial charge in [0.1, 0.15) is 10.6 Å². The third-order valence-corrected chi connectivity index (χ3v) is 4.78. The Labute approximate surface area is 138 Å². The lowest BCUT2D eigenvalue weighted by atomic mass is 10.2. The van der Waals surface area contributed by atoms with Gasteiger partial charge in [-0.3, -0.25) is 4.79 Å². The Morgan fingerprint density at radius 1 is 1.22 bits per heavy atom. The summed E-state index contributed by atoms with van der Waals surface area (Å²) in [6, 6.07) is 4.90. The summed E-state index contributed by atoms with van der Waals surface area (Å²) in [5.41, 5.74) is 0.802. The minimum atomic E-state index is -3.81. The zero-order valence-corrected chi connectivity index (χ0v) is 15.1. The molecule has 0 bridgehead atoms. The van der Waals surface area contributed by atoms with E-state index in [0.717, 1.165) is 18.4 Å². The Bertz CT molecular complexity index is 623. The molecule has 0 spiro atoms. The molecule has 1 aromatic carbocycles. The monoisotopic (exact) mass is 342 g/mol. The van der Waals surface area contributed by atoms with Gasteiger partial charge < -0.3 is 9.64 Å². The van der Waals surface area contributed by atoms with Gasteiger partial charge in [-0.05, 0) is 37.5 Å². The molecule has 23 heavy (non-hydrogen) atoms. The van der Waals surface area contributed by atoms with Gasteiger partial charge in [0.2, 0.25) is 15.9 Å². The number of carbonyl (C=O) groups is 1. The van der Waals surface area contributed by atoms with Gasteiger partial charge in [0.15, 0.2) is 0 Å². The molecular weight excluding hydrogens is 316 g/mol. The number of nitrogens with one attached hydrogen (secondary N) is 1. The zero-order chi connectivity index (χ0) is 17.5. The fourth-order valence-electron chi connectivity index (χ4n) is 2.24. The average molecular weight is 342 g/mol. The minimum Gasteiger partial charge on any atom is -0.495 e. The smallest absolute Gasteiger partial charge is 0.244 e. The number of nitrogens with zero attached hydrogens (tertiary/aromatic N) is 1. The van der Waals surface area contributed by atoms with Crippen LogP contribution in [-0.4, -0.2) is 46.0 Å². The molecule has 1 amide bonds. The van der Waals surface area contributed by atoms with Gasteiger partial charge in [-0.15, -0.1) is 0 Å². The van der Waals surface area contributed by atoms with Crippen molar-refractivity contribution in [3.63, 3.8) is 0 Å². The van der Waals surface area contributed by atoms with Crippen LogP contribution in [0.5, 0.6) is 5.75 Å². The predicted molar refractivity (Wildman–Crippen MR) is 90.1 cm³/mol. The standard InChI is InChI=1S/C16H26N2O4S/c1-5-9-18(10-6-2)16(19)12-17-23(20,21)15-11-13(3)7-8-14(15)22-4/h7-8,11,17H,5-6,9-10,12H2,1-4H3. The van der Waals surface area contributed by atoms with Gasteiger partial charge >= 0.3 is 0 Å². The number of carbonyl (C=O) groups excluding carboxylic acids is 1. The topological polar surface area (TPSA) is 75.7 Å². The molecule has 0 fully saturated rings. The molecule has 0 aromatic heterocycles. The first-order valence-electron chi connectivity index (χ1n) is 7.77. The second-order valence-corrected chi connectivity index (χ2v) is 7.10. The number of rotatable bonds is 9. The van der Waals surface area contributed by atoms with Gasteiger partial charge in [0, 0.05) is 13.1 Å². The molecule has 1 N–H and O–H groups in total. The second-order valence-electron chi connectivity index (χ2n) is 5.36. The summed E-state index contributed by atoms with van der Waals surface area (Å²) in [6.45, 7) is 6.77. The number of hydrogen-bond donors (Lipinski definition) is 1. The Morgan fingerprint density at radius 2 is 1.83 bits per heavy atom. The number of hydrogen-bond acceptors (Lipinski definition) is 4. The maximum absolute atomic E-state index is 12.4. The SMILES string of the molecule is CCCN(CCC)C(=O)CNS(=O)(=O)c1cc(C)ccc1OC. The van der Waals surface area contributed by atoms with Crippen LogP contribution in [-0.2, 0) is 14.8 Å². The molecule has 7 heteroatoms. The van der Waals surface area contributed by atoms with Crippen molar-refractivity contribution in [2.75, 3.05) is 26.7 Å². The molecule has 1 rings (SSSR count). The highest BCUT2D eigenvalue weighted by Crippen LogP contribution is 2.24. The van der Waals surface area contributed by atoms with Crippen molar-refractivity contribution in [2.45, 2.75) is 38.5 Å². The molecule has 0 heterocycles. The summed E-state index contributed by atoms with van der Waals surface area (Å²) in [4.78, 5) is 13.9. The first-order valence-corrected chi connectivity index (χ1v) is 9.26. The van der Waals surface area contributed by atoms with Crippen molar-refractivity contribution in [3.8, 4) is 5.75 Å². The summed E-state index contributed by atoms with van der Waals surface area (Å²) in [7, 11) is -2.39. The molecule has 6 nitrogen and oxygen atoms in total. The van der Waals surface area contributed by atoms with E-state index in [0.29, 0.717) is 13.1 Å². The average Bonchev–Trinajstić information content (AvgIpc) is 2.52. The number of aryl methyl sites for hydroxylation is 1. The Kier molecular flexibility index (Phi) is 7.51. The highest BCUT2D eigenvalue weighted by Gasteiger charge is 2.22. The minimum absolute atomic E-state index is 0.0466. The molecule has 0 unspecified atom stereocenters. The number of methoxy groups -OCH3 is 1. The Balaban J connectivity index is 2.87. The van der Waals surface area contributed by atoms with E-state index < -0.39 is 10.0 Å². The van der Waals surface area contributed by atoms with Crippen molar-refractivity contribution < 1.29 is 17.9 Å². The fraction of sp³-hybridized carbons (Fsp3) is 0.562. The normalized spacial score (nSPS) is 11.3. The van der Waals surface area contributed by atoms with E-state index in [1.807, 2.05) is 13.8 Å². The van der Waals surface area contributed by atoms with Crippen LogP contribution in [0.4, 0.5) is 0 Å². The van der Waals surface area contributed by atoms with Crippen LogP contribution in [0.1, 0.15) is 32.3 Å². The van der Waals surface area contributed by atoms with E-state index in [1.54, 1.807) is 24.0 Å². The van der Waals surface area contributed by atoms with Gasteiger partial charge in [-0.1, -0.05) is 19.9 Å². The molecule has 0 radical (unpaired) electrons. The number of ether oxygens (including phenoxy) is 1. The Morgan fingerprint density at radius 3 is 2.35 bits per heavy atom. The predicted octanol–water partition coefficient (Wildman–Crippen LogP) is 1.93. The lowest BCUT2D eigenvalue weighted by molar-refractivity contribution is -0.130. The summed E-state index contributed by atoms with van der Waals surface area (Å²) in [5.74, 6) is 0.0402. The summed E-state index contributed by atoms with van der Waals surface area (Å²) in [6.07, 6.45) is 1.67. The first kappa shape index (κ1) is 19.4. The Hall–Kier alpha value is -1.60. The molecule has 0 saturated carbocycles. The van der Waals surface area contributed by atoms with E-state index in [4.69, 9.17) is 4.74 Å². The zero-order valence-electron chi connectivity index (χ0n) is 14.3. The second kappa shape index (κ2) is 8.88. The maximum Gasteiger partial charge on any atom is 0.244 e. The number of sulfonamides is 1. The van der Waals surface area contributed by atoms with Crippen LogP contribution < -0.4 is 9.46 Å². The van der Waals surface area contributed by atoms with Crippen molar-refractivity contribution in [2.24, 2.45) is 0 Å². The quantitative estimate of drug-likeness (QED) is 0.744. The lowest BCUT2D eigenvalue weighted by Gasteiger charge is -2.21.